The molecule has 0 unspecified atom stereocenters. The fourth-order valence-electron chi connectivity index (χ4n) is 2.14. The summed E-state index contributed by atoms with van der Waals surface area (Å²) in [5.41, 5.74) is 1.05. The van der Waals surface area contributed by atoms with Gasteiger partial charge in [-0.25, -0.2) is 0 Å². The largest absolute Gasteiger partial charge is 0.505 e. The number of hydrogen-bond donors (Lipinski definition) is 1. The van der Waals surface area contributed by atoms with Gasteiger partial charge in [0.05, 0.1) is 7.11 Å². The molecule has 0 atom stereocenters. The number of para-hydroxylation sites is 1. The number of rotatable bonds is 3. The SMILES string of the molecule is COc1ccccc1N=Nc1ccc2ccccc2c1O. The highest BCUT2D eigenvalue weighted by molar-refractivity contribution is 5.92. The van der Waals surface area contributed by atoms with Crippen LogP contribution in [0, 0.1) is 0 Å². The number of azo groups is 1. The maximum Gasteiger partial charge on any atom is 0.150 e. The molecule has 4 nitrogen and oxygen atoms in total. The molecule has 0 bridgehead atoms. The number of nitrogens with zero attached hydrogens (tertiary/aromatic N) is 2. The molecule has 0 spiro atoms. The zero-order chi connectivity index (χ0) is 14.7. The molecule has 0 aliphatic rings. The number of hydrogen-bond acceptors (Lipinski definition) is 4. The Kier molecular flexibility index (Phi) is 3.51. The molecular weight excluding hydrogens is 264 g/mol. The van der Waals surface area contributed by atoms with E-state index < -0.39 is 0 Å². The van der Waals surface area contributed by atoms with Gasteiger partial charge in [0.1, 0.15) is 17.1 Å². The predicted octanol–water partition coefficient (Wildman–Crippen LogP) is 4.97. The van der Waals surface area contributed by atoms with E-state index in [0.717, 1.165) is 10.8 Å². The molecule has 0 fully saturated rings. The monoisotopic (exact) mass is 278 g/mol. The second-order valence-electron chi connectivity index (χ2n) is 4.53. The van der Waals surface area contributed by atoms with Crippen LogP contribution in [0.5, 0.6) is 11.5 Å². The molecule has 104 valence electrons. The molecule has 0 saturated heterocycles. The third-order valence-electron chi connectivity index (χ3n) is 3.23. The van der Waals surface area contributed by atoms with Crippen molar-refractivity contribution in [1.82, 2.24) is 0 Å². The summed E-state index contributed by atoms with van der Waals surface area (Å²) in [6.45, 7) is 0. The average molecular weight is 278 g/mol. The lowest BCUT2D eigenvalue weighted by atomic mass is 10.1. The Labute approximate surface area is 122 Å². The summed E-state index contributed by atoms with van der Waals surface area (Å²) < 4.78 is 5.22. The molecule has 0 aromatic heterocycles. The smallest absolute Gasteiger partial charge is 0.150 e. The standard InChI is InChI=1S/C17H14N2O2/c1-21-16-9-5-4-8-14(16)18-19-15-11-10-12-6-2-3-7-13(12)17(15)20/h2-11,20H,1H3. The van der Waals surface area contributed by atoms with E-state index in [2.05, 4.69) is 10.2 Å². The van der Waals surface area contributed by atoms with Crippen molar-refractivity contribution in [3.8, 4) is 11.5 Å². The van der Waals surface area contributed by atoms with Gasteiger partial charge in [-0.1, -0.05) is 42.5 Å². The minimum atomic E-state index is 0.131. The molecule has 1 N–H and O–H groups in total. The van der Waals surface area contributed by atoms with Crippen molar-refractivity contribution in [3.63, 3.8) is 0 Å². The third-order valence-corrected chi connectivity index (χ3v) is 3.23. The first-order chi connectivity index (χ1) is 10.3. The maximum absolute atomic E-state index is 10.3. The summed E-state index contributed by atoms with van der Waals surface area (Å²) in [5.74, 6) is 0.772. The Bertz CT molecular complexity index is 813. The van der Waals surface area contributed by atoms with E-state index in [1.54, 1.807) is 19.2 Å². The number of phenols is 1. The molecule has 0 saturated carbocycles. The van der Waals surface area contributed by atoms with Crippen molar-refractivity contribution in [2.24, 2.45) is 10.2 Å². The fourth-order valence-corrected chi connectivity index (χ4v) is 2.14. The van der Waals surface area contributed by atoms with Gasteiger partial charge in [-0.2, -0.15) is 0 Å². The van der Waals surface area contributed by atoms with Gasteiger partial charge in [0.25, 0.3) is 0 Å². The Balaban J connectivity index is 2.02. The van der Waals surface area contributed by atoms with E-state index in [-0.39, 0.29) is 5.75 Å². The van der Waals surface area contributed by atoms with E-state index in [0.29, 0.717) is 17.1 Å². The van der Waals surface area contributed by atoms with Crippen LogP contribution in [-0.2, 0) is 0 Å². The Morgan fingerprint density at radius 2 is 1.52 bits per heavy atom. The highest BCUT2D eigenvalue weighted by Gasteiger charge is 2.06. The summed E-state index contributed by atoms with van der Waals surface area (Å²) >= 11 is 0. The lowest BCUT2D eigenvalue weighted by Crippen LogP contribution is -1.81. The van der Waals surface area contributed by atoms with Crippen LogP contribution in [0.1, 0.15) is 0 Å². The van der Waals surface area contributed by atoms with E-state index >= 15 is 0 Å². The van der Waals surface area contributed by atoms with Crippen molar-refractivity contribution in [2.75, 3.05) is 7.11 Å². The number of aromatic hydroxyl groups is 1. The minimum Gasteiger partial charge on any atom is -0.505 e. The average Bonchev–Trinajstić information content (AvgIpc) is 2.55. The molecule has 3 aromatic rings. The second kappa shape index (κ2) is 5.63. The Morgan fingerprint density at radius 1 is 0.810 bits per heavy atom. The van der Waals surface area contributed by atoms with Gasteiger partial charge in [0.15, 0.2) is 5.75 Å². The third kappa shape index (κ3) is 2.56. The molecule has 21 heavy (non-hydrogen) atoms. The van der Waals surface area contributed by atoms with Crippen LogP contribution in [-0.4, -0.2) is 12.2 Å². The molecule has 0 radical (unpaired) electrons. The summed E-state index contributed by atoms with van der Waals surface area (Å²) in [6, 6.07) is 18.6. The van der Waals surface area contributed by atoms with Crippen LogP contribution >= 0.6 is 0 Å². The zero-order valence-corrected chi connectivity index (χ0v) is 11.5. The minimum absolute atomic E-state index is 0.131. The van der Waals surface area contributed by atoms with Crippen LogP contribution in [0.4, 0.5) is 11.4 Å². The molecule has 0 aliphatic heterocycles. The van der Waals surface area contributed by atoms with Gasteiger partial charge >= 0.3 is 0 Å². The number of phenolic OH excluding ortho intramolecular Hbond substituents is 1. The lowest BCUT2D eigenvalue weighted by molar-refractivity contribution is 0.416. The fraction of sp³-hybridized carbons (Fsp3) is 0.0588. The van der Waals surface area contributed by atoms with E-state index in [4.69, 9.17) is 4.74 Å². The van der Waals surface area contributed by atoms with Crippen LogP contribution in [0.3, 0.4) is 0 Å². The first-order valence-corrected chi connectivity index (χ1v) is 6.55. The van der Waals surface area contributed by atoms with Gasteiger partial charge in [-0.05, 0) is 23.6 Å². The first-order valence-electron chi connectivity index (χ1n) is 6.55. The highest BCUT2D eigenvalue weighted by Crippen LogP contribution is 2.36. The quantitative estimate of drug-likeness (QED) is 0.688. The number of benzene rings is 3. The Hall–Kier alpha value is -2.88. The van der Waals surface area contributed by atoms with Gasteiger partial charge in [0.2, 0.25) is 0 Å². The molecule has 0 heterocycles. The van der Waals surface area contributed by atoms with Crippen LogP contribution in [0.2, 0.25) is 0 Å². The summed E-state index contributed by atoms with van der Waals surface area (Å²) in [7, 11) is 1.59. The van der Waals surface area contributed by atoms with Gasteiger partial charge in [-0.3, -0.25) is 0 Å². The first kappa shape index (κ1) is 13.1. The van der Waals surface area contributed by atoms with Crippen molar-refractivity contribution in [1.29, 1.82) is 0 Å². The molecule has 3 rings (SSSR count). The van der Waals surface area contributed by atoms with Gasteiger partial charge in [-0.15, -0.1) is 10.2 Å². The number of methoxy groups -OCH3 is 1. The lowest BCUT2D eigenvalue weighted by Gasteiger charge is -2.04. The van der Waals surface area contributed by atoms with Crippen molar-refractivity contribution >= 4 is 22.1 Å². The number of ether oxygens (including phenoxy) is 1. The summed E-state index contributed by atoms with van der Waals surface area (Å²) in [5, 5.41) is 20.3. The van der Waals surface area contributed by atoms with Gasteiger partial charge in [0, 0.05) is 5.39 Å². The molecule has 4 heteroatoms. The van der Waals surface area contributed by atoms with Gasteiger partial charge < -0.3 is 9.84 Å². The normalized spacial score (nSPS) is 11.1. The van der Waals surface area contributed by atoms with Crippen molar-refractivity contribution in [3.05, 3.63) is 60.7 Å². The molecular formula is C17H14N2O2. The highest BCUT2D eigenvalue weighted by atomic mass is 16.5. The molecule has 0 amide bonds. The van der Waals surface area contributed by atoms with Crippen molar-refractivity contribution < 1.29 is 9.84 Å². The predicted molar refractivity (Wildman–Crippen MR) is 82.8 cm³/mol. The summed E-state index contributed by atoms with van der Waals surface area (Å²) in [4.78, 5) is 0. The maximum atomic E-state index is 10.3. The zero-order valence-electron chi connectivity index (χ0n) is 11.5. The molecule has 3 aromatic carbocycles. The number of fused-ring (bicyclic) bond motifs is 1. The van der Waals surface area contributed by atoms with Crippen LogP contribution < -0.4 is 4.74 Å². The van der Waals surface area contributed by atoms with Crippen LogP contribution in [0.25, 0.3) is 10.8 Å². The second-order valence-corrected chi connectivity index (χ2v) is 4.53. The van der Waals surface area contributed by atoms with E-state index in [1.807, 2.05) is 48.5 Å². The van der Waals surface area contributed by atoms with E-state index in [9.17, 15) is 5.11 Å². The van der Waals surface area contributed by atoms with E-state index in [1.165, 1.54) is 0 Å². The molecule has 0 aliphatic carbocycles. The summed E-state index contributed by atoms with van der Waals surface area (Å²) in [6.07, 6.45) is 0. The van der Waals surface area contributed by atoms with Crippen molar-refractivity contribution in [2.45, 2.75) is 0 Å². The Morgan fingerprint density at radius 3 is 2.38 bits per heavy atom. The van der Waals surface area contributed by atoms with Crippen LogP contribution in [0.15, 0.2) is 70.9 Å². The topological polar surface area (TPSA) is 54.2 Å².